The molecule has 3 rings (SSSR count). The van der Waals surface area contributed by atoms with Crippen LogP contribution in [0, 0.1) is 5.92 Å². The monoisotopic (exact) mass is 357 g/mol. The number of carbonyl (C=O) groups excluding carboxylic acids is 1. The Labute approximate surface area is 153 Å². The fourth-order valence-electron chi connectivity index (χ4n) is 2.98. The van der Waals surface area contributed by atoms with Crippen molar-refractivity contribution >= 4 is 16.9 Å². The average Bonchev–Trinajstić information content (AvgIpc) is 2.62. The van der Waals surface area contributed by atoms with Gasteiger partial charge in [0.2, 0.25) is 0 Å². The molecule has 1 aliphatic rings. The van der Waals surface area contributed by atoms with Crippen molar-refractivity contribution in [3.8, 4) is 0 Å². The number of hydrogen-bond donors (Lipinski definition) is 2. The number of aromatic amines is 1. The zero-order valence-corrected chi connectivity index (χ0v) is 15.7. The summed E-state index contributed by atoms with van der Waals surface area (Å²) in [6.45, 7) is 9.68. The molecule has 0 bridgehead atoms. The van der Waals surface area contributed by atoms with Crippen LogP contribution < -0.4 is 10.9 Å². The number of H-pyrrole nitrogens is 1. The van der Waals surface area contributed by atoms with E-state index in [1.165, 1.54) is 0 Å². The molecular formula is C19H27N5O2. The number of benzene rings is 1. The number of nitrogens with one attached hydrogen (secondary N) is 2. The summed E-state index contributed by atoms with van der Waals surface area (Å²) in [6, 6.07) is 7.51. The molecule has 0 spiro atoms. The normalized spacial score (nSPS) is 16.8. The zero-order valence-electron chi connectivity index (χ0n) is 15.7. The van der Waals surface area contributed by atoms with Crippen LogP contribution in [0.3, 0.4) is 0 Å². The average molecular weight is 357 g/mol. The summed E-state index contributed by atoms with van der Waals surface area (Å²) < 4.78 is 0. The molecule has 2 aromatic rings. The molecule has 1 fully saturated rings. The van der Waals surface area contributed by atoms with Crippen LogP contribution in [0.5, 0.6) is 0 Å². The van der Waals surface area contributed by atoms with Crippen LogP contribution in [0.4, 0.5) is 4.79 Å². The van der Waals surface area contributed by atoms with Gasteiger partial charge in [-0.1, -0.05) is 26.0 Å². The van der Waals surface area contributed by atoms with E-state index in [0.29, 0.717) is 42.3 Å². The Balaban J connectivity index is 1.57. The molecule has 1 aromatic heterocycles. The van der Waals surface area contributed by atoms with E-state index in [2.05, 4.69) is 34.0 Å². The molecule has 1 aliphatic heterocycles. The van der Waals surface area contributed by atoms with Gasteiger partial charge in [-0.25, -0.2) is 9.78 Å². The minimum atomic E-state index is -0.105. The van der Waals surface area contributed by atoms with Crippen molar-refractivity contribution in [2.75, 3.05) is 26.2 Å². The topological polar surface area (TPSA) is 81.3 Å². The first-order valence-corrected chi connectivity index (χ1v) is 9.20. The zero-order chi connectivity index (χ0) is 18.7. The first-order chi connectivity index (χ1) is 12.4. The SMILES string of the molecule is CC(C)C(C)NC(=O)N1CCN(Cc2nc3ccccc3c(=O)[nH]2)CC1. The van der Waals surface area contributed by atoms with Gasteiger partial charge in [0.15, 0.2) is 0 Å². The largest absolute Gasteiger partial charge is 0.335 e. The van der Waals surface area contributed by atoms with Crippen LogP contribution in [-0.4, -0.2) is 58.0 Å². The molecule has 2 N–H and O–H groups in total. The Morgan fingerprint density at radius 3 is 2.58 bits per heavy atom. The van der Waals surface area contributed by atoms with Crippen molar-refractivity contribution in [3.63, 3.8) is 0 Å². The van der Waals surface area contributed by atoms with Gasteiger partial charge in [0.25, 0.3) is 5.56 Å². The molecule has 0 radical (unpaired) electrons. The number of para-hydroxylation sites is 1. The highest BCUT2D eigenvalue weighted by atomic mass is 16.2. The summed E-state index contributed by atoms with van der Waals surface area (Å²) in [7, 11) is 0. The third kappa shape index (κ3) is 4.22. The number of amides is 2. The van der Waals surface area contributed by atoms with Crippen LogP contribution in [-0.2, 0) is 6.54 Å². The summed E-state index contributed by atoms with van der Waals surface area (Å²) in [5.41, 5.74) is 0.609. The fourth-order valence-corrected chi connectivity index (χ4v) is 2.98. The maximum atomic E-state index is 12.3. The lowest BCUT2D eigenvalue weighted by molar-refractivity contribution is 0.130. The highest BCUT2D eigenvalue weighted by molar-refractivity contribution is 5.77. The molecule has 2 amide bonds. The number of urea groups is 1. The Morgan fingerprint density at radius 2 is 1.88 bits per heavy atom. The molecule has 140 valence electrons. The van der Waals surface area contributed by atoms with Gasteiger partial charge in [0.05, 0.1) is 17.4 Å². The van der Waals surface area contributed by atoms with Gasteiger partial charge in [0.1, 0.15) is 5.82 Å². The number of piperazine rings is 1. The van der Waals surface area contributed by atoms with Crippen LogP contribution in [0.25, 0.3) is 10.9 Å². The second kappa shape index (κ2) is 7.86. The molecule has 26 heavy (non-hydrogen) atoms. The first-order valence-electron chi connectivity index (χ1n) is 9.20. The smallest absolute Gasteiger partial charge is 0.317 e. The van der Waals surface area contributed by atoms with Gasteiger partial charge in [0, 0.05) is 32.2 Å². The molecular weight excluding hydrogens is 330 g/mol. The third-order valence-electron chi connectivity index (χ3n) is 5.05. The van der Waals surface area contributed by atoms with Crippen LogP contribution >= 0.6 is 0 Å². The quantitative estimate of drug-likeness (QED) is 0.874. The molecule has 1 aromatic carbocycles. The number of nitrogens with zero attached hydrogens (tertiary/aromatic N) is 3. The minimum absolute atomic E-state index is 0.00286. The van der Waals surface area contributed by atoms with Crippen LogP contribution in [0.15, 0.2) is 29.1 Å². The molecule has 0 saturated carbocycles. The Bertz CT molecular complexity index is 824. The summed E-state index contributed by atoms with van der Waals surface area (Å²) in [6.07, 6.45) is 0. The maximum absolute atomic E-state index is 12.3. The number of hydrogen-bond acceptors (Lipinski definition) is 4. The van der Waals surface area contributed by atoms with Gasteiger partial charge in [-0.2, -0.15) is 0 Å². The molecule has 1 unspecified atom stereocenters. The number of fused-ring (bicyclic) bond motifs is 1. The summed E-state index contributed by atoms with van der Waals surface area (Å²) in [5, 5.41) is 3.66. The highest BCUT2D eigenvalue weighted by Gasteiger charge is 2.23. The standard InChI is InChI=1S/C19H27N5O2/c1-13(2)14(3)20-19(26)24-10-8-23(9-11-24)12-17-21-16-7-5-4-6-15(16)18(25)22-17/h4-7,13-14H,8-12H2,1-3H3,(H,20,26)(H,21,22,25). The number of carbonyl (C=O) groups is 1. The van der Waals surface area contributed by atoms with E-state index < -0.39 is 0 Å². The lowest BCUT2D eigenvalue weighted by Crippen LogP contribution is -2.53. The van der Waals surface area contributed by atoms with Crippen LogP contribution in [0.1, 0.15) is 26.6 Å². The van der Waals surface area contributed by atoms with Gasteiger partial charge in [-0.15, -0.1) is 0 Å². The van der Waals surface area contributed by atoms with Gasteiger partial charge < -0.3 is 15.2 Å². The fraction of sp³-hybridized carbons (Fsp3) is 0.526. The predicted molar refractivity (Wildman–Crippen MR) is 102 cm³/mol. The minimum Gasteiger partial charge on any atom is -0.335 e. The highest BCUT2D eigenvalue weighted by Crippen LogP contribution is 2.10. The predicted octanol–water partition coefficient (Wildman–Crippen LogP) is 1.79. The van der Waals surface area contributed by atoms with Crippen LogP contribution in [0.2, 0.25) is 0 Å². The second-order valence-electron chi connectivity index (χ2n) is 7.28. The van der Waals surface area contributed by atoms with Gasteiger partial charge in [-0.3, -0.25) is 9.69 Å². The van der Waals surface area contributed by atoms with Crippen molar-refractivity contribution in [1.29, 1.82) is 0 Å². The van der Waals surface area contributed by atoms with E-state index >= 15 is 0 Å². The molecule has 7 heteroatoms. The molecule has 2 heterocycles. The maximum Gasteiger partial charge on any atom is 0.317 e. The van der Waals surface area contributed by atoms with E-state index in [4.69, 9.17) is 0 Å². The van der Waals surface area contributed by atoms with Crippen molar-refractivity contribution in [3.05, 3.63) is 40.4 Å². The van der Waals surface area contributed by atoms with Gasteiger partial charge in [-0.05, 0) is 25.0 Å². The van der Waals surface area contributed by atoms with E-state index in [1.807, 2.05) is 30.0 Å². The van der Waals surface area contributed by atoms with E-state index in [9.17, 15) is 9.59 Å². The summed E-state index contributed by atoms with van der Waals surface area (Å²) in [4.78, 5) is 36.0. The van der Waals surface area contributed by atoms with Gasteiger partial charge >= 0.3 is 6.03 Å². The molecule has 0 aliphatic carbocycles. The number of rotatable bonds is 4. The summed E-state index contributed by atoms with van der Waals surface area (Å²) >= 11 is 0. The molecule has 1 saturated heterocycles. The third-order valence-corrected chi connectivity index (χ3v) is 5.05. The summed E-state index contributed by atoms with van der Waals surface area (Å²) in [5.74, 6) is 1.08. The lowest BCUT2D eigenvalue weighted by atomic mass is 10.1. The second-order valence-corrected chi connectivity index (χ2v) is 7.28. The van der Waals surface area contributed by atoms with Crippen molar-refractivity contribution in [1.82, 2.24) is 25.1 Å². The Morgan fingerprint density at radius 1 is 1.19 bits per heavy atom. The Kier molecular flexibility index (Phi) is 5.56. The van der Waals surface area contributed by atoms with E-state index in [-0.39, 0.29) is 17.6 Å². The Hall–Kier alpha value is -2.41. The lowest BCUT2D eigenvalue weighted by Gasteiger charge is -2.35. The van der Waals surface area contributed by atoms with Crippen molar-refractivity contribution < 1.29 is 4.79 Å². The van der Waals surface area contributed by atoms with E-state index in [1.54, 1.807) is 6.07 Å². The first kappa shape index (κ1) is 18.4. The van der Waals surface area contributed by atoms with E-state index in [0.717, 1.165) is 13.1 Å². The molecule has 1 atom stereocenters. The van der Waals surface area contributed by atoms with Crippen molar-refractivity contribution in [2.24, 2.45) is 5.92 Å². The number of aromatic nitrogens is 2. The van der Waals surface area contributed by atoms with Crippen molar-refractivity contribution in [2.45, 2.75) is 33.4 Å². The molecule has 7 nitrogen and oxygen atoms in total.